The van der Waals surface area contributed by atoms with Gasteiger partial charge in [0.1, 0.15) is 68.4 Å². The molecule has 44 heteroatoms. The molecule has 0 radical (unpaired) electrons. The molecular weight excluding hydrogens is 1920 g/mol. The summed E-state index contributed by atoms with van der Waals surface area (Å²) in [6, 6.07) is 12.0. The molecule has 0 bridgehead atoms. The van der Waals surface area contributed by atoms with Gasteiger partial charge < -0.3 is 58.5 Å². The number of aromatic nitrogens is 16. The third-order valence-corrected chi connectivity index (χ3v) is 28.8. The van der Waals surface area contributed by atoms with E-state index in [0.717, 1.165) is 64.4 Å². The van der Waals surface area contributed by atoms with E-state index in [-0.39, 0.29) is 120 Å². The predicted molar refractivity (Wildman–Crippen MR) is 559 cm³/mol. The Morgan fingerprint density at radius 2 is 0.653 bits per heavy atom. The molecule has 12 aromatic rings. The van der Waals surface area contributed by atoms with E-state index in [1.165, 1.54) is 60.3 Å². The average molecular weight is 2100 g/mol. The molecule has 5 unspecified atom stereocenters. The number of rotatable bonds is 44. The van der Waals surface area contributed by atoms with Crippen LogP contribution >= 0.6 is 0 Å². The van der Waals surface area contributed by atoms with E-state index in [9.17, 15) is 52.8 Å². The van der Waals surface area contributed by atoms with E-state index in [0.29, 0.717) is 93.2 Å². The van der Waals surface area contributed by atoms with Crippen molar-refractivity contribution in [2.75, 3.05) is 107 Å². The number of likely N-dealkylation sites (tertiary alicyclic amines) is 4. The molecule has 0 amide bonds. The molecule has 4 aromatic carbocycles. The van der Waals surface area contributed by atoms with Crippen LogP contribution in [-0.2, 0) is 93.6 Å². The van der Waals surface area contributed by atoms with E-state index in [1.807, 2.05) is 35.3 Å². The highest BCUT2D eigenvalue weighted by Crippen LogP contribution is 2.38. The van der Waals surface area contributed by atoms with E-state index in [4.69, 9.17) is 69.7 Å². The van der Waals surface area contributed by atoms with Crippen LogP contribution in [0.15, 0.2) is 112 Å². The Balaban J connectivity index is 0.000000196. The minimum atomic E-state index is -4.79. The third-order valence-electron chi connectivity index (χ3n) is 23.4. The number of hydrogen-bond donors (Lipinski definition) is 8. The third kappa shape index (κ3) is 26.5. The molecule has 4 aliphatic rings. The van der Waals surface area contributed by atoms with Crippen LogP contribution in [0, 0.1) is 0 Å². The number of aryl methyl sites for hydroxylation is 8. The van der Waals surface area contributed by atoms with Crippen molar-refractivity contribution in [3.63, 3.8) is 0 Å². The zero-order chi connectivity index (χ0) is 136. The maximum atomic E-state index is 13.6. The Morgan fingerprint density at radius 1 is 0.368 bits per heavy atom. The quantitative estimate of drug-likeness (QED) is 0.0176. The number of aromatic amines is 4. The highest BCUT2D eigenvalue weighted by atomic mass is 32.2. The van der Waals surface area contributed by atoms with Gasteiger partial charge in [-0.2, -0.15) is 20.4 Å². The van der Waals surface area contributed by atoms with Crippen LogP contribution in [0.5, 0.6) is 23.0 Å². The first-order chi connectivity index (χ1) is 82.9. The normalized spacial score (nSPS) is 22.3. The zero-order valence-electron chi connectivity index (χ0n) is 118. The van der Waals surface area contributed by atoms with Crippen molar-refractivity contribution in [3.05, 3.63) is 137 Å². The molecule has 0 saturated carbocycles. The lowest BCUT2D eigenvalue weighted by Gasteiger charge is -2.19. The van der Waals surface area contributed by atoms with Gasteiger partial charge in [0.05, 0.1) is 91.0 Å². The van der Waals surface area contributed by atoms with E-state index in [2.05, 4.69) is 74.4 Å². The summed E-state index contributed by atoms with van der Waals surface area (Å²) in [7, 11) is -9.51. The molecule has 144 heavy (non-hydrogen) atoms. The fraction of sp³-hybridized carbons (Fsp3) is 0.560. The number of nitrogens with one attached hydrogen (secondary N) is 8. The molecule has 4 aliphatic heterocycles. The van der Waals surface area contributed by atoms with Gasteiger partial charge in [0.15, 0.2) is 22.1 Å². The Kier molecular flexibility index (Phi) is 24.2. The van der Waals surface area contributed by atoms with E-state index in [1.54, 1.807) is 44.9 Å². The number of nitrogens with zero attached hydrogens (tertiary/aromatic N) is 16. The molecular formula is C100H144N24O16S4. The first-order valence-electron chi connectivity index (χ1n) is 64.9. The summed E-state index contributed by atoms with van der Waals surface area (Å²) in [5.74, 6) is -0.802. The molecule has 12 heterocycles. The standard InChI is InChI=1S/4C25H36N6O4S/c4*1-5-8-20-22-23(31(4)29-20)25(32)28-24(27-22)19-16-18(10-11-21(19)35-15-6-2)36(33,34)26-13-12-17-9-7-14-30(17)3/h4*10-11,16-17,26H,5-9,12-15H2,1-4H3,(H,27,28,32)/i4D3,5D2,8D2,12D2,13D2;4D3,5D2,8D2,12D2,13D;4D3,5D2,8D2,12D2;1D3,5D2,12D2. The summed E-state index contributed by atoms with van der Waals surface area (Å²) in [4.78, 5) is 86.0. The van der Waals surface area contributed by atoms with Crippen LogP contribution in [0.25, 0.3) is 89.7 Å². The average Bonchev–Trinajstić information content (AvgIpc) is 1.54. The van der Waals surface area contributed by atoms with Crippen molar-refractivity contribution >= 4 is 84.2 Å². The van der Waals surface area contributed by atoms with Gasteiger partial charge in [-0.3, -0.25) is 37.9 Å². The van der Waals surface area contributed by atoms with Crippen LogP contribution in [0.1, 0.15) is 257 Å². The van der Waals surface area contributed by atoms with Gasteiger partial charge in [0.2, 0.25) is 40.1 Å². The predicted octanol–water partition coefficient (Wildman–Crippen LogP) is 11.3. The fourth-order valence-electron chi connectivity index (χ4n) is 16.2. The van der Waals surface area contributed by atoms with Crippen LogP contribution < -0.4 is 60.1 Å². The molecule has 4 saturated heterocycles. The van der Waals surface area contributed by atoms with Crippen molar-refractivity contribution < 1.29 is 103 Å². The van der Waals surface area contributed by atoms with Gasteiger partial charge in [-0.1, -0.05) is 80.8 Å². The van der Waals surface area contributed by atoms with Crippen LogP contribution in [0.2, 0.25) is 0 Å². The topological polar surface area (TPSA) is 489 Å². The number of H-pyrrole nitrogens is 4. The highest BCUT2D eigenvalue weighted by Gasteiger charge is 2.32. The number of fused-ring (bicyclic) bond motifs is 4. The maximum absolute atomic E-state index is 13.6. The van der Waals surface area contributed by atoms with Crippen molar-refractivity contribution in [2.24, 2.45) is 28.0 Å². The highest BCUT2D eigenvalue weighted by molar-refractivity contribution is 7.90. The Labute approximate surface area is 895 Å². The summed E-state index contributed by atoms with van der Waals surface area (Å²) >= 11 is 0. The molecule has 40 nitrogen and oxygen atoms in total. The lowest BCUT2D eigenvalue weighted by molar-refractivity contribution is 0.297. The molecule has 16 rings (SSSR count). The molecule has 5 atom stereocenters. The Morgan fingerprint density at radius 3 is 0.944 bits per heavy atom. The second-order valence-electron chi connectivity index (χ2n) is 33.7. The monoisotopic (exact) mass is 2100 g/mol. The number of hydrogen-bond acceptors (Lipinski definition) is 28. The molecule has 784 valence electrons. The number of sulfonamides is 4. The van der Waals surface area contributed by atoms with E-state index >= 15 is 0 Å². The minimum absolute atomic E-state index is 0.00202. The molecule has 8 aromatic heterocycles. The lowest BCUT2D eigenvalue weighted by atomic mass is 10.1. The smallest absolute Gasteiger partial charge is 0.277 e. The van der Waals surface area contributed by atoms with Gasteiger partial charge in [-0.25, -0.2) is 72.5 Å². The summed E-state index contributed by atoms with van der Waals surface area (Å²) in [5.41, 5.74) is -10.1. The van der Waals surface area contributed by atoms with Crippen LogP contribution in [-0.4, -0.2) is 263 Å². The van der Waals surface area contributed by atoms with Crippen LogP contribution in [0.3, 0.4) is 0 Å². The molecule has 0 spiro atoms. The minimum Gasteiger partial charge on any atom is -0.493 e. The van der Waals surface area contributed by atoms with Gasteiger partial charge >= 0.3 is 0 Å². The zero-order valence-corrected chi connectivity index (χ0v) is 84.7. The van der Waals surface area contributed by atoms with Crippen molar-refractivity contribution in [1.29, 1.82) is 0 Å². The van der Waals surface area contributed by atoms with Crippen molar-refractivity contribution in [3.8, 4) is 68.5 Å². The summed E-state index contributed by atoms with van der Waals surface area (Å²) < 4.78 is 442. The fourth-order valence-corrected chi connectivity index (χ4v) is 19.8. The second-order valence-corrected chi connectivity index (χ2v) is 40.7. The van der Waals surface area contributed by atoms with Crippen LogP contribution in [0.4, 0.5) is 0 Å². The van der Waals surface area contributed by atoms with Gasteiger partial charge in [0.25, 0.3) is 22.2 Å². The largest absolute Gasteiger partial charge is 0.493 e. The van der Waals surface area contributed by atoms with Crippen molar-refractivity contribution in [1.82, 2.24) is 117 Å². The Hall–Kier alpha value is -11.0. The molecule has 4 fully saturated rings. The lowest BCUT2D eigenvalue weighted by Crippen LogP contribution is -2.31. The first kappa shape index (κ1) is 69.9. The van der Waals surface area contributed by atoms with Crippen molar-refractivity contribution in [2.45, 2.75) is 253 Å². The molecule has 0 aliphatic carbocycles. The van der Waals surface area contributed by atoms with Gasteiger partial charge in [0, 0.05) is 129 Å². The second kappa shape index (κ2) is 49.9. The summed E-state index contributed by atoms with van der Waals surface area (Å²) in [6.07, 6.45) is -21.3. The first-order valence-corrected chi connectivity index (χ1v) is 52.3. The Bertz CT molecular complexity index is 9020. The maximum Gasteiger partial charge on any atom is 0.277 e. The number of ether oxygens (including phenoxy) is 4. The van der Waals surface area contributed by atoms with Gasteiger partial charge in [-0.15, -0.1) is 0 Å². The number of benzene rings is 4. The summed E-state index contributed by atoms with van der Waals surface area (Å²) in [6.45, 7) is -4.64. The molecule has 8 N–H and O–H groups in total. The van der Waals surface area contributed by atoms with E-state index < -0.39 is 283 Å². The SMILES string of the molecule is [2H]C(NS(=O)(=O)c1ccc(OCCC)c(-c2nc3c(C([2H])([2H])C([2H])([2H])C)nn(C([2H])([2H])[2H])c3c(=O)[nH]2)c1)C([2H])([2H])C1CCCN1C.[2H]C([2H])(CNS(=O)(=O)c1ccc(OCCC)c(-c2nc3c(C([2H])([2H])C([2H])([2H])C)nn(C([2H])([2H])[2H])c3c(=O)[nH]2)c1)C1CCCN1C.[2H]C([2H])(CNS(=O)(=O)c1ccc(OCCC)c(-c2nc3c(CC([2H])([2H])C([2H])([2H])[2H])nn(C)c3c(=O)[nH]2)c1)C1CCCN1C.[2H]C([2H])([2H])n1nc(C([2H])([2H])C([2H])([2H])C)c2nc(-c3cc(S(=O)(=O)NC([2H])([2H])C([2H])([2H])C4CCCN4C)ccc3OCCC)[nH]c(=O)c21. The van der Waals surface area contributed by atoms with Gasteiger partial charge in [-0.05, 0) is 255 Å². The summed E-state index contributed by atoms with van der Waals surface area (Å²) in [5, 5.41) is 15.5.